The highest BCUT2D eigenvalue weighted by Crippen LogP contribution is 2.19. The summed E-state index contributed by atoms with van der Waals surface area (Å²) in [6.45, 7) is 6.63. The molecule has 0 unspecified atom stereocenters. The molecule has 162 valence electrons. The molecule has 31 heavy (non-hydrogen) atoms. The van der Waals surface area contributed by atoms with E-state index < -0.39 is 5.97 Å². The molecule has 3 aromatic rings. The first-order valence-electron chi connectivity index (χ1n) is 10.1. The molecule has 0 radical (unpaired) electrons. The first kappa shape index (κ1) is 22.6. The molecule has 0 aliphatic rings. The number of hydrogen-bond acceptors (Lipinski definition) is 6. The molecule has 0 bridgehead atoms. The van der Waals surface area contributed by atoms with Crippen molar-refractivity contribution in [1.82, 2.24) is 9.55 Å². The van der Waals surface area contributed by atoms with E-state index in [0.717, 1.165) is 0 Å². The second kappa shape index (κ2) is 10.3. The van der Waals surface area contributed by atoms with Crippen LogP contribution in [0.1, 0.15) is 31.1 Å². The smallest absolute Gasteiger partial charge is 0.338 e. The lowest BCUT2D eigenvalue weighted by Crippen LogP contribution is -2.26. The van der Waals surface area contributed by atoms with Crippen LogP contribution < -0.4 is 10.9 Å². The number of hydrogen-bond donors (Lipinski definition) is 1. The Labute approximate surface area is 184 Å². The van der Waals surface area contributed by atoms with Crippen LogP contribution >= 0.6 is 11.8 Å². The van der Waals surface area contributed by atoms with Gasteiger partial charge in [0.15, 0.2) is 5.16 Å². The normalized spacial score (nSPS) is 11.0. The zero-order chi connectivity index (χ0) is 22.4. The van der Waals surface area contributed by atoms with Gasteiger partial charge in [-0.25, -0.2) is 9.78 Å². The maximum absolute atomic E-state index is 12.9. The highest BCUT2D eigenvalue weighted by atomic mass is 32.2. The van der Waals surface area contributed by atoms with Gasteiger partial charge in [-0.15, -0.1) is 0 Å². The maximum Gasteiger partial charge on any atom is 0.338 e. The van der Waals surface area contributed by atoms with Crippen molar-refractivity contribution in [3.63, 3.8) is 0 Å². The van der Waals surface area contributed by atoms with Gasteiger partial charge in [-0.2, -0.15) is 0 Å². The van der Waals surface area contributed by atoms with E-state index in [1.807, 2.05) is 26.0 Å². The summed E-state index contributed by atoms with van der Waals surface area (Å²) >= 11 is 1.23. The number of amides is 1. The molecule has 1 heterocycles. The molecule has 0 fully saturated rings. The number of benzene rings is 2. The zero-order valence-corrected chi connectivity index (χ0v) is 18.6. The summed E-state index contributed by atoms with van der Waals surface area (Å²) in [7, 11) is 0. The quantitative estimate of drug-likeness (QED) is 0.325. The van der Waals surface area contributed by atoms with Crippen molar-refractivity contribution in [2.24, 2.45) is 5.92 Å². The molecule has 0 spiro atoms. The Morgan fingerprint density at radius 1 is 1.13 bits per heavy atom. The predicted octanol–water partition coefficient (Wildman–Crippen LogP) is 3.96. The molecule has 1 N–H and O–H groups in total. The molecule has 0 atom stereocenters. The van der Waals surface area contributed by atoms with Crippen LogP contribution in [0.2, 0.25) is 0 Å². The fourth-order valence-corrected chi connectivity index (χ4v) is 3.82. The summed E-state index contributed by atoms with van der Waals surface area (Å²) in [5, 5.41) is 3.88. The Bertz CT molecular complexity index is 1140. The van der Waals surface area contributed by atoms with E-state index >= 15 is 0 Å². The summed E-state index contributed by atoms with van der Waals surface area (Å²) in [6.07, 6.45) is 0. The van der Waals surface area contributed by atoms with Gasteiger partial charge in [0.1, 0.15) is 0 Å². The van der Waals surface area contributed by atoms with E-state index in [1.165, 1.54) is 11.8 Å². The number of carbonyl (C=O) groups is 2. The van der Waals surface area contributed by atoms with E-state index in [9.17, 15) is 14.4 Å². The summed E-state index contributed by atoms with van der Waals surface area (Å²) < 4.78 is 6.59. The largest absolute Gasteiger partial charge is 0.462 e. The van der Waals surface area contributed by atoms with Crippen LogP contribution in [0.3, 0.4) is 0 Å². The molecular weight excluding hydrogens is 414 g/mol. The van der Waals surface area contributed by atoms with Gasteiger partial charge < -0.3 is 10.1 Å². The number of nitrogens with one attached hydrogen (secondary N) is 1. The van der Waals surface area contributed by atoms with E-state index in [0.29, 0.717) is 40.5 Å². The molecule has 1 amide bonds. The SMILES string of the molecule is CCOC(=O)c1ccc(NC(=O)CSc2nc3ccccc3c(=O)n2CC(C)C)cc1. The number of anilines is 1. The topological polar surface area (TPSA) is 90.3 Å². The van der Waals surface area contributed by atoms with E-state index in [1.54, 1.807) is 47.9 Å². The Hall–Kier alpha value is -3.13. The minimum atomic E-state index is -0.401. The summed E-state index contributed by atoms with van der Waals surface area (Å²) in [6, 6.07) is 13.7. The number of thioether (sulfide) groups is 1. The average molecular weight is 440 g/mol. The van der Waals surface area contributed by atoms with Crippen molar-refractivity contribution < 1.29 is 14.3 Å². The highest BCUT2D eigenvalue weighted by Gasteiger charge is 2.14. The average Bonchev–Trinajstić information content (AvgIpc) is 2.75. The van der Waals surface area contributed by atoms with Crippen molar-refractivity contribution >= 4 is 40.2 Å². The fourth-order valence-electron chi connectivity index (χ4n) is 3.02. The second-order valence-corrected chi connectivity index (χ2v) is 8.30. The van der Waals surface area contributed by atoms with Crippen LogP contribution in [0.15, 0.2) is 58.5 Å². The van der Waals surface area contributed by atoms with Gasteiger partial charge in [-0.3, -0.25) is 14.2 Å². The maximum atomic E-state index is 12.9. The molecule has 0 aliphatic heterocycles. The van der Waals surface area contributed by atoms with Crippen LogP contribution in [0.4, 0.5) is 5.69 Å². The standard InChI is InChI=1S/C23H25N3O4S/c1-4-30-22(29)16-9-11-17(12-10-16)24-20(27)14-31-23-25-19-8-6-5-7-18(19)21(28)26(23)13-15(2)3/h5-12,15H,4,13-14H2,1-3H3,(H,24,27). The van der Waals surface area contributed by atoms with Gasteiger partial charge in [-0.1, -0.05) is 37.7 Å². The molecule has 0 saturated carbocycles. The van der Waals surface area contributed by atoms with E-state index in [-0.39, 0.29) is 23.1 Å². The third kappa shape index (κ3) is 5.73. The van der Waals surface area contributed by atoms with E-state index in [2.05, 4.69) is 10.3 Å². The van der Waals surface area contributed by atoms with Gasteiger partial charge in [0.25, 0.3) is 5.56 Å². The molecule has 7 nitrogen and oxygen atoms in total. The Morgan fingerprint density at radius 3 is 2.52 bits per heavy atom. The number of para-hydroxylation sites is 1. The first-order chi connectivity index (χ1) is 14.9. The molecule has 0 saturated heterocycles. The van der Waals surface area contributed by atoms with E-state index in [4.69, 9.17) is 4.74 Å². The number of aromatic nitrogens is 2. The molecule has 1 aromatic heterocycles. The third-order valence-corrected chi connectivity index (χ3v) is 5.36. The lowest BCUT2D eigenvalue weighted by molar-refractivity contribution is -0.113. The van der Waals surface area contributed by atoms with Crippen molar-refractivity contribution in [3.05, 3.63) is 64.4 Å². The van der Waals surface area contributed by atoms with Gasteiger partial charge >= 0.3 is 5.97 Å². The fraction of sp³-hybridized carbons (Fsp3) is 0.304. The van der Waals surface area contributed by atoms with Crippen molar-refractivity contribution in [2.45, 2.75) is 32.5 Å². The minimum Gasteiger partial charge on any atom is -0.462 e. The Kier molecular flexibility index (Phi) is 7.46. The number of fused-ring (bicyclic) bond motifs is 1. The van der Waals surface area contributed by atoms with Crippen LogP contribution in [0.25, 0.3) is 10.9 Å². The predicted molar refractivity (Wildman–Crippen MR) is 123 cm³/mol. The number of nitrogens with zero attached hydrogens (tertiary/aromatic N) is 2. The number of ether oxygens (including phenoxy) is 1. The van der Waals surface area contributed by atoms with Gasteiger partial charge in [0.05, 0.1) is 28.8 Å². The summed E-state index contributed by atoms with van der Waals surface area (Å²) in [4.78, 5) is 41.7. The van der Waals surface area contributed by atoms with Crippen LogP contribution in [-0.4, -0.2) is 33.8 Å². The summed E-state index contributed by atoms with van der Waals surface area (Å²) in [5.74, 6) is -0.275. The van der Waals surface area contributed by atoms with Gasteiger partial charge in [0, 0.05) is 12.2 Å². The van der Waals surface area contributed by atoms with Crippen LogP contribution in [0.5, 0.6) is 0 Å². The van der Waals surface area contributed by atoms with Crippen LogP contribution in [0, 0.1) is 5.92 Å². The highest BCUT2D eigenvalue weighted by molar-refractivity contribution is 7.99. The van der Waals surface area contributed by atoms with Gasteiger partial charge in [-0.05, 0) is 49.2 Å². The molecule has 3 rings (SSSR count). The third-order valence-electron chi connectivity index (χ3n) is 4.39. The molecular formula is C23H25N3O4S. The lowest BCUT2D eigenvalue weighted by atomic mass is 10.2. The zero-order valence-electron chi connectivity index (χ0n) is 17.8. The van der Waals surface area contributed by atoms with Gasteiger partial charge in [0.2, 0.25) is 5.91 Å². The van der Waals surface area contributed by atoms with Crippen molar-refractivity contribution in [2.75, 3.05) is 17.7 Å². The van der Waals surface area contributed by atoms with Crippen molar-refractivity contribution in [1.29, 1.82) is 0 Å². The summed E-state index contributed by atoms with van der Waals surface area (Å²) in [5.41, 5.74) is 1.51. The number of esters is 1. The minimum absolute atomic E-state index is 0.0997. The monoisotopic (exact) mass is 439 g/mol. The Balaban J connectivity index is 1.72. The Morgan fingerprint density at radius 2 is 1.84 bits per heavy atom. The number of carbonyl (C=O) groups excluding carboxylic acids is 2. The lowest BCUT2D eigenvalue weighted by Gasteiger charge is -2.15. The molecule has 0 aliphatic carbocycles. The van der Waals surface area contributed by atoms with Crippen LogP contribution in [-0.2, 0) is 16.1 Å². The molecule has 2 aromatic carbocycles. The number of rotatable bonds is 8. The van der Waals surface area contributed by atoms with Crippen molar-refractivity contribution in [3.8, 4) is 0 Å². The first-order valence-corrected chi connectivity index (χ1v) is 11.1. The second-order valence-electron chi connectivity index (χ2n) is 7.36. The molecule has 8 heteroatoms.